The smallest absolute Gasteiger partial charge is 0.0991 e. The third-order valence-corrected chi connectivity index (χ3v) is 12.6. The van der Waals surface area contributed by atoms with Crippen LogP contribution in [0.4, 0.5) is 22.7 Å². The summed E-state index contributed by atoms with van der Waals surface area (Å²) in [6.45, 7) is 0. The minimum absolute atomic E-state index is 0.286. The molecule has 2 aromatic heterocycles. The zero-order valence-corrected chi connectivity index (χ0v) is 30.2. The van der Waals surface area contributed by atoms with E-state index >= 15 is 0 Å². The summed E-state index contributed by atoms with van der Waals surface area (Å²) in [6.07, 6.45) is 15.9. The van der Waals surface area contributed by atoms with Crippen LogP contribution in [-0.4, -0.2) is 10.6 Å². The number of thiophene rings is 1. The van der Waals surface area contributed by atoms with Crippen LogP contribution in [0.5, 0.6) is 0 Å². The number of allylic oxidation sites excluding steroid dienone is 5. The van der Waals surface area contributed by atoms with Gasteiger partial charge < -0.3 is 14.4 Å². The van der Waals surface area contributed by atoms with Crippen molar-refractivity contribution in [3.63, 3.8) is 0 Å². The summed E-state index contributed by atoms with van der Waals surface area (Å²) < 4.78 is 5.02. The lowest BCUT2D eigenvalue weighted by Gasteiger charge is -2.32. The highest BCUT2D eigenvalue weighted by atomic mass is 32.1. The van der Waals surface area contributed by atoms with Gasteiger partial charge in [-0.25, -0.2) is 0 Å². The van der Waals surface area contributed by atoms with E-state index in [4.69, 9.17) is 0 Å². The molecule has 2 unspecified atom stereocenters. The number of anilines is 4. The molecular formula is C49H34N4S. The molecule has 0 radical (unpaired) electrons. The van der Waals surface area contributed by atoms with Crippen molar-refractivity contribution in [3.05, 3.63) is 187 Å². The van der Waals surface area contributed by atoms with Gasteiger partial charge in [-0.05, 0) is 109 Å². The number of rotatable bonds is 5. The van der Waals surface area contributed by atoms with Crippen molar-refractivity contribution < 1.29 is 0 Å². The molecule has 0 saturated carbocycles. The number of hydrogen-bond acceptors (Lipinski definition) is 4. The van der Waals surface area contributed by atoms with Crippen molar-refractivity contribution in [1.29, 1.82) is 5.26 Å². The molecule has 4 nitrogen and oxygen atoms in total. The van der Waals surface area contributed by atoms with Crippen LogP contribution in [0.25, 0.3) is 47.7 Å². The first kappa shape index (κ1) is 31.0. The summed E-state index contributed by atoms with van der Waals surface area (Å²) in [4.78, 5) is 4.91. The molecule has 3 heterocycles. The largest absolute Gasteiger partial charge is 0.337 e. The molecule has 11 rings (SSSR count). The number of benzene rings is 6. The molecule has 8 aromatic rings. The Balaban J connectivity index is 1.09. The molecule has 54 heavy (non-hydrogen) atoms. The summed E-state index contributed by atoms with van der Waals surface area (Å²) in [5, 5.41) is 14.6. The molecule has 0 spiro atoms. The topological polar surface area (TPSA) is 35.2 Å². The highest BCUT2D eigenvalue weighted by molar-refractivity contribution is 7.25. The maximum atomic E-state index is 9.69. The number of nitrogens with zero attached hydrogens (tertiary/aromatic N) is 4. The second-order valence-corrected chi connectivity index (χ2v) is 15.4. The van der Waals surface area contributed by atoms with Gasteiger partial charge in [0.15, 0.2) is 0 Å². The normalized spacial score (nSPS) is 17.5. The van der Waals surface area contributed by atoms with E-state index in [1.165, 1.54) is 47.9 Å². The molecule has 1 aliphatic heterocycles. The Morgan fingerprint density at radius 2 is 1.39 bits per heavy atom. The van der Waals surface area contributed by atoms with E-state index in [2.05, 4.69) is 178 Å². The minimum Gasteiger partial charge on any atom is -0.337 e. The second kappa shape index (κ2) is 12.2. The molecular weight excluding hydrogens is 677 g/mol. The number of fused-ring (bicyclic) bond motifs is 8. The van der Waals surface area contributed by atoms with Gasteiger partial charge in [-0.3, -0.25) is 0 Å². The van der Waals surface area contributed by atoms with Crippen LogP contribution in [0.1, 0.15) is 18.4 Å². The van der Waals surface area contributed by atoms with Crippen LogP contribution in [0.2, 0.25) is 0 Å². The van der Waals surface area contributed by atoms with E-state index in [0.717, 1.165) is 46.6 Å². The molecule has 2 atom stereocenters. The van der Waals surface area contributed by atoms with Crippen molar-refractivity contribution in [2.75, 3.05) is 9.80 Å². The molecule has 0 saturated heterocycles. The van der Waals surface area contributed by atoms with Gasteiger partial charge in [-0.1, -0.05) is 78.9 Å². The lowest BCUT2D eigenvalue weighted by Crippen LogP contribution is -2.32. The highest BCUT2D eigenvalue weighted by Crippen LogP contribution is 2.47. The van der Waals surface area contributed by atoms with E-state index in [-0.39, 0.29) is 6.04 Å². The van der Waals surface area contributed by atoms with Crippen LogP contribution >= 0.6 is 11.3 Å². The number of hydrogen-bond donors (Lipinski definition) is 0. The average Bonchev–Trinajstić information content (AvgIpc) is 3.89. The lowest BCUT2D eigenvalue weighted by molar-refractivity contribution is 0.681. The minimum atomic E-state index is 0.286. The predicted molar refractivity (Wildman–Crippen MR) is 227 cm³/mol. The first-order chi connectivity index (χ1) is 26.7. The van der Waals surface area contributed by atoms with Crippen LogP contribution < -0.4 is 9.80 Å². The fraction of sp³-hybridized carbons (Fsp3) is 0.0816. The van der Waals surface area contributed by atoms with Crippen molar-refractivity contribution in [2.45, 2.75) is 18.9 Å². The molecule has 0 bridgehead atoms. The first-order valence-electron chi connectivity index (χ1n) is 18.6. The van der Waals surface area contributed by atoms with Gasteiger partial charge in [0.1, 0.15) is 0 Å². The molecule has 256 valence electrons. The fourth-order valence-corrected chi connectivity index (χ4v) is 10.2. The van der Waals surface area contributed by atoms with Gasteiger partial charge in [0, 0.05) is 65.3 Å². The zero-order valence-electron chi connectivity index (χ0n) is 29.4. The van der Waals surface area contributed by atoms with Gasteiger partial charge >= 0.3 is 0 Å². The summed E-state index contributed by atoms with van der Waals surface area (Å²) in [5.74, 6) is 0.380. The third-order valence-electron chi connectivity index (χ3n) is 11.4. The summed E-state index contributed by atoms with van der Waals surface area (Å²) in [5.41, 5.74) is 11.3. The van der Waals surface area contributed by atoms with Gasteiger partial charge in [-0.2, -0.15) is 5.26 Å². The molecule has 0 amide bonds. The zero-order chi connectivity index (χ0) is 35.8. The molecule has 0 N–H and O–H groups in total. The van der Waals surface area contributed by atoms with Crippen LogP contribution in [0, 0.1) is 17.2 Å². The van der Waals surface area contributed by atoms with Gasteiger partial charge in [-0.15, -0.1) is 11.3 Å². The van der Waals surface area contributed by atoms with Gasteiger partial charge in [0.2, 0.25) is 0 Å². The fourth-order valence-electron chi connectivity index (χ4n) is 9.06. The Hall–Kier alpha value is -6.61. The van der Waals surface area contributed by atoms with E-state index in [1.807, 2.05) is 23.5 Å². The molecule has 3 aliphatic rings. The number of nitriles is 1. The van der Waals surface area contributed by atoms with Crippen LogP contribution in [0.15, 0.2) is 181 Å². The third kappa shape index (κ3) is 4.67. The first-order valence-corrected chi connectivity index (χ1v) is 19.4. The van der Waals surface area contributed by atoms with Crippen LogP contribution in [0.3, 0.4) is 0 Å². The summed E-state index contributed by atoms with van der Waals surface area (Å²) in [6, 6.07) is 50.6. The number of aromatic nitrogens is 1. The molecule has 5 heteroatoms. The predicted octanol–water partition coefficient (Wildman–Crippen LogP) is 13.0. The van der Waals surface area contributed by atoms with Crippen molar-refractivity contribution in [3.8, 4) is 11.8 Å². The summed E-state index contributed by atoms with van der Waals surface area (Å²) >= 11 is 1.85. The van der Waals surface area contributed by atoms with E-state index < -0.39 is 0 Å². The Kier molecular flexibility index (Phi) is 7.01. The van der Waals surface area contributed by atoms with Crippen LogP contribution in [-0.2, 0) is 0 Å². The van der Waals surface area contributed by atoms with Crippen molar-refractivity contribution in [1.82, 2.24) is 4.57 Å². The summed E-state index contributed by atoms with van der Waals surface area (Å²) in [7, 11) is 0. The Morgan fingerprint density at radius 1 is 0.667 bits per heavy atom. The number of para-hydroxylation sites is 1. The molecule has 0 fully saturated rings. The van der Waals surface area contributed by atoms with E-state index in [1.54, 1.807) is 0 Å². The quantitative estimate of drug-likeness (QED) is 0.178. The average molecular weight is 711 g/mol. The molecule has 6 aromatic carbocycles. The highest BCUT2D eigenvalue weighted by Gasteiger charge is 2.38. The second-order valence-electron chi connectivity index (χ2n) is 14.3. The van der Waals surface area contributed by atoms with Gasteiger partial charge in [0.05, 0.1) is 34.4 Å². The SMILES string of the molecule is N#Cc1ccc(N(c2ccc(N3C4=C(C=CCC4)C4C=CC=CC43)cc2)c2cccc3c2c2ccccc2n3-c2ccc3sc4ccccc4c3c2)cc1. The van der Waals surface area contributed by atoms with Crippen molar-refractivity contribution in [2.24, 2.45) is 5.92 Å². The van der Waals surface area contributed by atoms with Crippen molar-refractivity contribution >= 4 is 76.1 Å². The lowest BCUT2D eigenvalue weighted by atomic mass is 9.88. The Morgan fingerprint density at radius 3 is 2.24 bits per heavy atom. The maximum absolute atomic E-state index is 9.69. The maximum Gasteiger partial charge on any atom is 0.0991 e. The monoisotopic (exact) mass is 710 g/mol. The van der Waals surface area contributed by atoms with Gasteiger partial charge in [0.25, 0.3) is 0 Å². The Labute approximate surface area is 317 Å². The molecule has 2 aliphatic carbocycles. The standard InChI is InChI=1S/C49H34N4S/c50-31-32-20-22-33(23-21-32)51(34-24-26-35(27-25-34)52-42-14-5-1-10-37(42)38-11-2-6-15-43(38)52)45-17-9-18-46-49(45)40-13-3-7-16-44(40)53(46)36-28-29-48-41(30-36)39-12-4-8-19-47(39)54-48/h1-5,7-14,16-30,37,42H,6,15H2. The van der Waals surface area contributed by atoms with E-state index in [0.29, 0.717) is 11.5 Å². The van der Waals surface area contributed by atoms with E-state index in [9.17, 15) is 5.26 Å². The Bertz CT molecular complexity index is 2970.